The molecule has 0 aromatic heterocycles. The highest BCUT2D eigenvalue weighted by molar-refractivity contribution is 7.91. The molecule has 0 saturated heterocycles. The van der Waals surface area contributed by atoms with Crippen LogP contribution in [0.1, 0.15) is 46.5 Å². The SMILES string of the molecule is CC(C)(C)NCC(O)C1CCCC(S(C)(=O)=O)C1. The fourth-order valence-corrected chi connectivity index (χ4v) is 3.69. The van der Waals surface area contributed by atoms with Crippen molar-refractivity contribution < 1.29 is 13.5 Å². The van der Waals surface area contributed by atoms with E-state index in [-0.39, 0.29) is 16.7 Å². The Hall–Kier alpha value is -0.130. The lowest BCUT2D eigenvalue weighted by Gasteiger charge is -2.33. The third-order valence-electron chi connectivity index (χ3n) is 3.66. The number of sulfone groups is 1. The van der Waals surface area contributed by atoms with E-state index in [0.29, 0.717) is 13.0 Å². The Labute approximate surface area is 111 Å². The molecule has 1 saturated carbocycles. The largest absolute Gasteiger partial charge is 0.392 e. The smallest absolute Gasteiger partial charge is 0.150 e. The lowest BCUT2D eigenvalue weighted by molar-refractivity contribution is 0.0790. The molecule has 18 heavy (non-hydrogen) atoms. The summed E-state index contributed by atoms with van der Waals surface area (Å²) in [4.78, 5) is 0. The number of β-amino-alcohol motifs (C(OH)–C–C–N with tert-alkyl or cyclic N) is 1. The van der Waals surface area contributed by atoms with Gasteiger partial charge in [-0.05, 0) is 46.0 Å². The number of aliphatic hydroxyl groups is 1. The third kappa shape index (κ3) is 5.24. The Balaban J connectivity index is 2.51. The molecule has 1 aliphatic rings. The van der Waals surface area contributed by atoms with E-state index in [1.807, 2.05) is 0 Å². The fourth-order valence-electron chi connectivity index (χ4n) is 2.50. The van der Waals surface area contributed by atoms with Crippen molar-refractivity contribution in [1.29, 1.82) is 0 Å². The highest BCUT2D eigenvalue weighted by Gasteiger charge is 2.32. The van der Waals surface area contributed by atoms with Gasteiger partial charge in [0.05, 0.1) is 11.4 Å². The van der Waals surface area contributed by atoms with E-state index in [9.17, 15) is 13.5 Å². The molecule has 3 unspecified atom stereocenters. The van der Waals surface area contributed by atoms with Crippen molar-refractivity contribution in [2.24, 2.45) is 5.92 Å². The molecule has 0 amide bonds. The summed E-state index contributed by atoms with van der Waals surface area (Å²) < 4.78 is 23.1. The standard InChI is InChI=1S/C13H27NO3S/c1-13(2,3)14-9-12(15)10-6-5-7-11(8-10)18(4,16)17/h10-12,14-15H,5-9H2,1-4H3. The van der Waals surface area contributed by atoms with Gasteiger partial charge in [-0.1, -0.05) is 6.42 Å². The molecule has 1 rings (SSSR count). The van der Waals surface area contributed by atoms with Crippen LogP contribution in [0.3, 0.4) is 0 Å². The van der Waals surface area contributed by atoms with Gasteiger partial charge in [-0.25, -0.2) is 8.42 Å². The van der Waals surface area contributed by atoms with Gasteiger partial charge in [-0.3, -0.25) is 0 Å². The van der Waals surface area contributed by atoms with Crippen LogP contribution in [0.2, 0.25) is 0 Å². The minimum atomic E-state index is -2.97. The van der Waals surface area contributed by atoms with E-state index >= 15 is 0 Å². The molecule has 0 aliphatic heterocycles. The number of aliphatic hydroxyl groups excluding tert-OH is 1. The van der Waals surface area contributed by atoms with E-state index in [1.165, 1.54) is 6.26 Å². The first kappa shape index (κ1) is 15.9. The molecule has 0 radical (unpaired) electrons. The Morgan fingerprint density at radius 2 is 1.94 bits per heavy atom. The van der Waals surface area contributed by atoms with Crippen molar-refractivity contribution in [2.75, 3.05) is 12.8 Å². The molecule has 2 N–H and O–H groups in total. The van der Waals surface area contributed by atoms with Crippen molar-refractivity contribution in [2.45, 2.75) is 63.3 Å². The summed E-state index contributed by atoms with van der Waals surface area (Å²) in [6, 6.07) is 0. The number of rotatable bonds is 4. The maximum absolute atomic E-state index is 11.6. The van der Waals surface area contributed by atoms with Crippen LogP contribution >= 0.6 is 0 Å². The fraction of sp³-hybridized carbons (Fsp3) is 1.00. The van der Waals surface area contributed by atoms with E-state index in [4.69, 9.17) is 0 Å². The molecule has 1 fully saturated rings. The van der Waals surface area contributed by atoms with Crippen LogP contribution in [-0.2, 0) is 9.84 Å². The van der Waals surface area contributed by atoms with E-state index in [1.54, 1.807) is 0 Å². The molecule has 5 heteroatoms. The van der Waals surface area contributed by atoms with Gasteiger partial charge in [0.15, 0.2) is 0 Å². The van der Waals surface area contributed by atoms with Crippen LogP contribution in [0.25, 0.3) is 0 Å². The second-order valence-corrected chi connectivity index (χ2v) is 8.90. The predicted molar refractivity (Wildman–Crippen MR) is 74.4 cm³/mol. The molecular formula is C13H27NO3S. The molecule has 0 heterocycles. The highest BCUT2D eigenvalue weighted by Crippen LogP contribution is 2.30. The van der Waals surface area contributed by atoms with E-state index in [2.05, 4.69) is 26.1 Å². The van der Waals surface area contributed by atoms with Gasteiger partial charge in [0.2, 0.25) is 0 Å². The average Bonchev–Trinajstić information content (AvgIpc) is 2.24. The number of nitrogens with one attached hydrogen (secondary N) is 1. The second kappa shape index (κ2) is 5.88. The van der Waals surface area contributed by atoms with Crippen LogP contribution in [0, 0.1) is 5.92 Å². The first-order valence-electron chi connectivity index (χ1n) is 6.71. The molecule has 1 aliphatic carbocycles. The van der Waals surface area contributed by atoms with Crippen LogP contribution in [0.15, 0.2) is 0 Å². The maximum Gasteiger partial charge on any atom is 0.150 e. The van der Waals surface area contributed by atoms with Gasteiger partial charge >= 0.3 is 0 Å². The summed E-state index contributed by atoms with van der Waals surface area (Å²) in [6.07, 6.45) is 4.03. The highest BCUT2D eigenvalue weighted by atomic mass is 32.2. The van der Waals surface area contributed by atoms with Crippen LogP contribution in [-0.4, -0.2) is 43.2 Å². The zero-order chi connectivity index (χ0) is 14.0. The van der Waals surface area contributed by atoms with Gasteiger partial charge in [0.1, 0.15) is 9.84 Å². The summed E-state index contributed by atoms with van der Waals surface area (Å²) in [5.41, 5.74) is -0.0219. The zero-order valence-electron chi connectivity index (χ0n) is 11.9. The molecule has 108 valence electrons. The monoisotopic (exact) mass is 277 g/mol. The van der Waals surface area contributed by atoms with E-state index in [0.717, 1.165) is 19.3 Å². The van der Waals surface area contributed by atoms with Crippen molar-refractivity contribution in [3.63, 3.8) is 0 Å². The summed E-state index contributed by atoms with van der Waals surface area (Å²) >= 11 is 0. The normalized spacial score (nSPS) is 28.1. The van der Waals surface area contributed by atoms with Gasteiger partial charge in [-0.2, -0.15) is 0 Å². The maximum atomic E-state index is 11.6. The predicted octanol–water partition coefficient (Wildman–Crippen LogP) is 1.34. The molecular weight excluding hydrogens is 250 g/mol. The van der Waals surface area contributed by atoms with Gasteiger partial charge in [-0.15, -0.1) is 0 Å². The van der Waals surface area contributed by atoms with Crippen LogP contribution < -0.4 is 5.32 Å². The minimum Gasteiger partial charge on any atom is -0.392 e. The molecule has 0 spiro atoms. The Bertz CT molecular complexity index is 359. The van der Waals surface area contributed by atoms with Crippen molar-refractivity contribution in [1.82, 2.24) is 5.32 Å². The Morgan fingerprint density at radius 3 is 2.44 bits per heavy atom. The quantitative estimate of drug-likeness (QED) is 0.814. The number of hydrogen-bond acceptors (Lipinski definition) is 4. The van der Waals surface area contributed by atoms with Gasteiger partial charge in [0.25, 0.3) is 0 Å². The van der Waals surface area contributed by atoms with Gasteiger partial charge in [0, 0.05) is 18.3 Å². The second-order valence-electron chi connectivity index (χ2n) is 6.58. The Morgan fingerprint density at radius 1 is 1.33 bits per heavy atom. The van der Waals surface area contributed by atoms with Crippen molar-refractivity contribution in [3.05, 3.63) is 0 Å². The molecule has 0 aromatic rings. The molecule has 4 nitrogen and oxygen atoms in total. The molecule has 0 bridgehead atoms. The summed E-state index contributed by atoms with van der Waals surface area (Å²) in [7, 11) is -2.97. The zero-order valence-corrected chi connectivity index (χ0v) is 12.8. The third-order valence-corrected chi connectivity index (χ3v) is 5.30. The summed E-state index contributed by atoms with van der Waals surface area (Å²) in [5.74, 6) is 0.105. The Kier molecular flexibility index (Phi) is 5.21. The van der Waals surface area contributed by atoms with Crippen LogP contribution in [0.4, 0.5) is 0 Å². The van der Waals surface area contributed by atoms with Crippen LogP contribution in [0.5, 0.6) is 0 Å². The lowest BCUT2D eigenvalue weighted by Crippen LogP contribution is -2.44. The average molecular weight is 277 g/mol. The minimum absolute atomic E-state index is 0.0219. The number of hydrogen-bond donors (Lipinski definition) is 2. The van der Waals surface area contributed by atoms with E-state index < -0.39 is 15.9 Å². The molecule has 3 atom stereocenters. The first-order valence-corrected chi connectivity index (χ1v) is 8.67. The molecule has 0 aromatic carbocycles. The summed E-state index contributed by atoms with van der Waals surface area (Å²) in [6.45, 7) is 6.70. The van der Waals surface area contributed by atoms with Gasteiger partial charge < -0.3 is 10.4 Å². The first-order chi connectivity index (χ1) is 8.09. The summed E-state index contributed by atoms with van der Waals surface area (Å²) in [5, 5.41) is 13.2. The van der Waals surface area contributed by atoms with Crippen molar-refractivity contribution in [3.8, 4) is 0 Å². The topological polar surface area (TPSA) is 66.4 Å². The van der Waals surface area contributed by atoms with Crippen molar-refractivity contribution >= 4 is 9.84 Å². The lowest BCUT2D eigenvalue weighted by atomic mass is 9.84.